The van der Waals surface area contributed by atoms with Crippen LogP contribution in [0.5, 0.6) is 5.75 Å². The lowest BCUT2D eigenvalue weighted by Crippen LogP contribution is -2.26. The van der Waals surface area contributed by atoms with Crippen LogP contribution < -0.4 is 15.8 Å². The summed E-state index contributed by atoms with van der Waals surface area (Å²) in [6, 6.07) is 13.0. The summed E-state index contributed by atoms with van der Waals surface area (Å²) in [4.78, 5) is 15.6. The van der Waals surface area contributed by atoms with Crippen molar-refractivity contribution >= 4 is 23.0 Å². The molecule has 2 aromatic carbocycles. The number of nitrogens with one attached hydrogen (secondary N) is 1. The molecule has 6 nitrogen and oxygen atoms in total. The van der Waals surface area contributed by atoms with Gasteiger partial charge in [0, 0.05) is 24.3 Å². The smallest absolute Gasteiger partial charge is 0.204 e. The highest BCUT2D eigenvalue weighted by Gasteiger charge is 2.10. The van der Waals surface area contributed by atoms with Crippen LogP contribution in [0.2, 0.25) is 0 Å². The van der Waals surface area contributed by atoms with E-state index in [0.29, 0.717) is 0 Å². The first-order chi connectivity index (χ1) is 18.7. The summed E-state index contributed by atoms with van der Waals surface area (Å²) in [5.74, 6) is 2.64. The van der Waals surface area contributed by atoms with Gasteiger partial charge < -0.3 is 20.7 Å². The first-order valence-electron chi connectivity index (χ1n) is 14.3. The third kappa shape index (κ3) is 10.9. The molecule has 0 bridgehead atoms. The van der Waals surface area contributed by atoms with Gasteiger partial charge in [-0.1, -0.05) is 53.7 Å². The third-order valence-electron chi connectivity index (χ3n) is 7.51. The second kappa shape index (κ2) is 18.2. The second-order valence-electron chi connectivity index (χ2n) is 10.3. The van der Waals surface area contributed by atoms with Gasteiger partial charge in [-0.2, -0.15) is 0 Å². The zero-order valence-corrected chi connectivity index (χ0v) is 25.8. The molecule has 0 radical (unpaired) electrons. The summed E-state index contributed by atoms with van der Waals surface area (Å²) in [7, 11) is 3.70. The van der Waals surface area contributed by atoms with Crippen LogP contribution in [0.15, 0.2) is 42.6 Å². The number of pyridine rings is 1. The number of hydrogen-bond donors (Lipinski definition) is 2. The van der Waals surface area contributed by atoms with Crippen LogP contribution in [0.25, 0.3) is 10.9 Å². The van der Waals surface area contributed by atoms with Gasteiger partial charge in [-0.25, -0.2) is 0 Å². The quantitative estimate of drug-likeness (QED) is 0.262. The maximum Gasteiger partial charge on any atom is 0.204 e. The van der Waals surface area contributed by atoms with Gasteiger partial charge in [-0.3, -0.25) is 9.78 Å². The van der Waals surface area contributed by atoms with E-state index >= 15 is 0 Å². The minimum atomic E-state index is 0.250. The summed E-state index contributed by atoms with van der Waals surface area (Å²) in [5.41, 5.74) is 11.4. The second-order valence-corrected chi connectivity index (χ2v) is 10.3. The van der Waals surface area contributed by atoms with Crippen molar-refractivity contribution in [3.8, 4) is 5.75 Å². The van der Waals surface area contributed by atoms with E-state index in [4.69, 9.17) is 9.53 Å². The molecule has 6 heteroatoms. The summed E-state index contributed by atoms with van der Waals surface area (Å²) in [5, 5.41) is 4.42. The highest BCUT2D eigenvalue weighted by Crippen LogP contribution is 2.29. The highest BCUT2D eigenvalue weighted by atomic mass is 16.5. The van der Waals surface area contributed by atoms with Crippen LogP contribution in [0, 0.1) is 18.8 Å². The van der Waals surface area contributed by atoms with E-state index in [9.17, 15) is 0 Å². The van der Waals surface area contributed by atoms with E-state index in [0.717, 1.165) is 41.3 Å². The molecular weight excluding hydrogens is 484 g/mol. The number of fused-ring (bicyclic) bond motifs is 1. The number of primary amides is 1. The van der Waals surface area contributed by atoms with Crippen molar-refractivity contribution in [1.82, 2.24) is 9.88 Å². The fourth-order valence-corrected chi connectivity index (χ4v) is 4.42. The fourth-order valence-electron chi connectivity index (χ4n) is 4.42. The standard InChI is InChI=1S/C21H24N2O.C11H25N.CH3NO/c1-5-16-12-20-18(13-21(16)24-4)17(8-9-23-20)10-15-7-6-14(2)19(11-15)22-3;1-6-12(7-2)9-8-11(5)10(3)4;2-1-3/h6-9,11-13,22H,5,10H2,1-4H3;10-11H,6-9H2,1-5H3;1H,(H2,2,3). The van der Waals surface area contributed by atoms with Crippen molar-refractivity contribution in [2.45, 2.75) is 67.7 Å². The number of aryl methyl sites for hydroxylation is 2. The molecule has 1 atom stereocenters. The van der Waals surface area contributed by atoms with E-state index in [2.05, 4.69) is 106 Å². The lowest BCUT2D eigenvalue weighted by Gasteiger charge is -2.22. The maximum atomic E-state index is 8.58. The molecule has 3 rings (SSSR count). The molecule has 0 saturated carbocycles. The Kier molecular flexibility index (Phi) is 15.8. The van der Waals surface area contributed by atoms with Crippen LogP contribution in [0.4, 0.5) is 5.69 Å². The number of aromatic nitrogens is 1. The lowest BCUT2D eigenvalue weighted by atomic mass is 9.94. The molecule has 0 fully saturated rings. The zero-order valence-electron chi connectivity index (χ0n) is 25.8. The minimum Gasteiger partial charge on any atom is -0.496 e. The van der Waals surface area contributed by atoms with Crippen LogP contribution >= 0.6 is 0 Å². The first kappa shape index (κ1) is 33.9. The van der Waals surface area contributed by atoms with Crippen LogP contribution in [-0.4, -0.2) is 50.1 Å². The van der Waals surface area contributed by atoms with E-state index in [1.807, 2.05) is 13.2 Å². The number of carbonyl (C=O) groups is 1. The van der Waals surface area contributed by atoms with Crippen molar-refractivity contribution in [2.24, 2.45) is 17.6 Å². The van der Waals surface area contributed by atoms with E-state index in [-0.39, 0.29) is 6.41 Å². The Labute approximate surface area is 237 Å². The van der Waals surface area contributed by atoms with Gasteiger partial charge in [0.15, 0.2) is 0 Å². The molecule has 216 valence electrons. The van der Waals surface area contributed by atoms with Gasteiger partial charge in [0.2, 0.25) is 6.41 Å². The van der Waals surface area contributed by atoms with Gasteiger partial charge in [0.05, 0.1) is 12.6 Å². The molecule has 1 unspecified atom stereocenters. The average Bonchev–Trinajstić information content (AvgIpc) is 2.94. The first-order valence-corrected chi connectivity index (χ1v) is 14.3. The number of benzene rings is 2. The number of anilines is 1. The maximum absolute atomic E-state index is 8.58. The molecule has 1 heterocycles. The highest BCUT2D eigenvalue weighted by molar-refractivity contribution is 5.85. The van der Waals surface area contributed by atoms with Crippen LogP contribution in [-0.2, 0) is 17.6 Å². The summed E-state index contributed by atoms with van der Waals surface area (Å²) in [6.45, 7) is 19.4. The average molecular weight is 537 g/mol. The number of hydrogen-bond acceptors (Lipinski definition) is 5. The van der Waals surface area contributed by atoms with E-state index < -0.39 is 0 Å². The number of carbonyl (C=O) groups excluding carboxylic acids is 1. The number of amides is 1. The lowest BCUT2D eigenvalue weighted by molar-refractivity contribution is -0.106. The third-order valence-corrected chi connectivity index (χ3v) is 7.51. The largest absolute Gasteiger partial charge is 0.496 e. The Bertz CT molecular complexity index is 1120. The molecule has 1 aromatic heterocycles. The van der Waals surface area contributed by atoms with Crippen LogP contribution in [0.1, 0.15) is 70.2 Å². The molecule has 39 heavy (non-hydrogen) atoms. The number of nitrogens with zero attached hydrogens (tertiary/aromatic N) is 2. The Morgan fingerprint density at radius 1 is 1.05 bits per heavy atom. The van der Waals surface area contributed by atoms with Gasteiger partial charge in [-0.05, 0) is 104 Å². The van der Waals surface area contributed by atoms with E-state index in [1.165, 1.54) is 54.0 Å². The van der Waals surface area contributed by atoms with Crippen LogP contribution in [0.3, 0.4) is 0 Å². The molecule has 0 aliphatic heterocycles. The number of nitrogens with two attached hydrogens (primary N) is 1. The molecule has 3 aromatic rings. The Morgan fingerprint density at radius 2 is 1.72 bits per heavy atom. The van der Waals surface area contributed by atoms with Crippen molar-refractivity contribution in [2.75, 3.05) is 39.1 Å². The molecule has 0 spiro atoms. The normalized spacial score (nSPS) is 11.4. The number of rotatable bonds is 11. The van der Waals surface area contributed by atoms with Gasteiger partial charge >= 0.3 is 0 Å². The molecule has 3 N–H and O–H groups in total. The van der Waals surface area contributed by atoms with Gasteiger partial charge in [-0.15, -0.1) is 0 Å². The molecule has 1 amide bonds. The molecule has 0 saturated heterocycles. The van der Waals surface area contributed by atoms with Gasteiger partial charge in [0.25, 0.3) is 0 Å². The monoisotopic (exact) mass is 536 g/mol. The zero-order chi connectivity index (χ0) is 29.4. The number of methoxy groups -OCH3 is 1. The van der Waals surface area contributed by atoms with Crippen molar-refractivity contribution < 1.29 is 9.53 Å². The summed E-state index contributed by atoms with van der Waals surface area (Å²) >= 11 is 0. The Morgan fingerprint density at radius 3 is 2.26 bits per heavy atom. The SMILES string of the molecule is CCN(CC)CCC(C)C(C)C.CCc1cc2nccc(Cc3ccc(C)c(NC)c3)c2cc1OC.NC=O. The predicted octanol–water partition coefficient (Wildman–Crippen LogP) is 6.86. The minimum absolute atomic E-state index is 0.250. The van der Waals surface area contributed by atoms with Crippen molar-refractivity contribution in [1.29, 1.82) is 0 Å². The molecule has 0 aliphatic carbocycles. The number of ether oxygens (including phenoxy) is 1. The summed E-state index contributed by atoms with van der Waals surface area (Å²) in [6.07, 6.45) is 5.31. The predicted molar refractivity (Wildman–Crippen MR) is 168 cm³/mol. The van der Waals surface area contributed by atoms with Crippen molar-refractivity contribution in [3.63, 3.8) is 0 Å². The molecule has 0 aliphatic rings. The Hall–Kier alpha value is -3.12. The Balaban J connectivity index is 0.000000428. The fraction of sp³-hybridized carbons (Fsp3) is 0.515. The molecular formula is C33H52N4O2. The van der Waals surface area contributed by atoms with Gasteiger partial charge in [0.1, 0.15) is 5.75 Å². The van der Waals surface area contributed by atoms with E-state index in [1.54, 1.807) is 7.11 Å². The topological polar surface area (TPSA) is 80.5 Å². The van der Waals surface area contributed by atoms with Crippen molar-refractivity contribution in [3.05, 3.63) is 64.8 Å². The summed E-state index contributed by atoms with van der Waals surface area (Å²) < 4.78 is 5.56.